The number of nitrogens with one attached hydrogen (secondary N) is 2. The van der Waals surface area contributed by atoms with Crippen molar-refractivity contribution >= 4 is 29.9 Å². The summed E-state index contributed by atoms with van der Waals surface area (Å²) in [5.41, 5.74) is 2.92. The average Bonchev–Trinajstić information content (AvgIpc) is 2.56. The van der Waals surface area contributed by atoms with Crippen LogP contribution >= 0.6 is 12.4 Å². The molecule has 1 aliphatic heterocycles. The summed E-state index contributed by atoms with van der Waals surface area (Å²) in [7, 11) is 0. The second-order valence-electron chi connectivity index (χ2n) is 6.19. The molecule has 1 heterocycles. The number of anilines is 1. The van der Waals surface area contributed by atoms with Gasteiger partial charge in [0.25, 0.3) is 0 Å². The summed E-state index contributed by atoms with van der Waals surface area (Å²) in [4.78, 5) is 26.6. The quantitative estimate of drug-likeness (QED) is 0.855. The highest BCUT2D eigenvalue weighted by molar-refractivity contribution is 5.96. The van der Waals surface area contributed by atoms with E-state index in [1.165, 1.54) is 0 Å². The first-order chi connectivity index (χ1) is 11.0. The van der Waals surface area contributed by atoms with Gasteiger partial charge in [0.1, 0.15) is 0 Å². The molecule has 0 aliphatic carbocycles. The first-order valence-corrected chi connectivity index (χ1v) is 8.38. The maximum Gasteiger partial charge on any atom is 0.244 e. The number of hydrogen-bond donors (Lipinski definition) is 2. The Kier molecular flexibility index (Phi) is 8.22. The Morgan fingerprint density at radius 2 is 1.79 bits per heavy atom. The molecule has 1 aliphatic rings. The smallest absolute Gasteiger partial charge is 0.244 e. The van der Waals surface area contributed by atoms with Gasteiger partial charge in [-0.3, -0.25) is 9.59 Å². The highest BCUT2D eigenvalue weighted by Gasteiger charge is 2.26. The minimum Gasteiger partial charge on any atom is -0.333 e. The van der Waals surface area contributed by atoms with Crippen LogP contribution in [0.1, 0.15) is 30.9 Å². The van der Waals surface area contributed by atoms with E-state index in [4.69, 9.17) is 0 Å². The third kappa shape index (κ3) is 5.21. The number of carbonyl (C=O) groups excluding carboxylic acids is 2. The van der Waals surface area contributed by atoms with E-state index in [1.54, 1.807) is 4.90 Å². The molecular weight excluding hydrogens is 326 g/mol. The van der Waals surface area contributed by atoms with Crippen LogP contribution in [0.15, 0.2) is 18.2 Å². The fourth-order valence-corrected chi connectivity index (χ4v) is 3.04. The highest BCUT2D eigenvalue weighted by atomic mass is 35.5. The number of amides is 2. The molecule has 6 heteroatoms. The number of nitrogens with zero attached hydrogens (tertiary/aromatic N) is 1. The molecule has 24 heavy (non-hydrogen) atoms. The lowest BCUT2D eigenvalue weighted by atomic mass is 9.96. The molecular formula is C18H28ClN3O2. The molecule has 0 bridgehead atoms. The van der Waals surface area contributed by atoms with Crippen molar-refractivity contribution in [2.45, 2.75) is 33.6 Å². The van der Waals surface area contributed by atoms with Crippen LogP contribution in [0.5, 0.6) is 0 Å². The molecule has 1 saturated heterocycles. The van der Waals surface area contributed by atoms with Crippen LogP contribution in [-0.2, 0) is 9.59 Å². The molecule has 0 aromatic heterocycles. The maximum atomic E-state index is 12.6. The molecule has 1 aromatic rings. The molecule has 5 nitrogen and oxygen atoms in total. The van der Waals surface area contributed by atoms with Gasteiger partial charge in [-0.15, -0.1) is 12.4 Å². The lowest BCUT2D eigenvalue weighted by Crippen LogP contribution is -2.44. The Morgan fingerprint density at radius 1 is 1.21 bits per heavy atom. The summed E-state index contributed by atoms with van der Waals surface area (Å²) in [5.74, 6) is 0.0152. The topological polar surface area (TPSA) is 61.4 Å². The van der Waals surface area contributed by atoms with E-state index in [0.29, 0.717) is 6.54 Å². The van der Waals surface area contributed by atoms with Crippen molar-refractivity contribution in [1.29, 1.82) is 0 Å². The molecule has 0 radical (unpaired) electrons. The van der Waals surface area contributed by atoms with Crippen molar-refractivity contribution in [3.63, 3.8) is 0 Å². The van der Waals surface area contributed by atoms with E-state index in [-0.39, 0.29) is 36.7 Å². The first kappa shape index (κ1) is 20.5. The third-order valence-electron chi connectivity index (χ3n) is 4.46. The van der Waals surface area contributed by atoms with Gasteiger partial charge in [-0.1, -0.05) is 18.2 Å². The second-order valence-corrected chi connectivity index (χ2v) is 6.19. The maximum absolute atomic E-state index is 12.6. The Hall–Kier alpha value is -1.59. The molecule has 2 N–H and O–H groups in total. The SMILES string of the molecule is CCN(CC(=O)Nc1c(C)cccc1C)C(=O)C1CCNCC1.Cl. The molecule has 134 valence electrons. The fourth-order valence-electron chi connectivity index (χ4n) is 3.04. The predicted molar refractivity (Wildman–Crippen MR) is 99.6 cm³/mol. The predicted octanol–water partition coefficient (Wildman–Crippen LogP) is 2.51. The van der Waals surface area contributed by atoms with E-state index in [2.05, 4.69) is 10.6 Å². The summed E-state index contributed by atoms with van der Waals surface area (Å²) in [6.45, 7) is 8.30. The van der Waals surface area contributed by atoms with Crippen LogP contribution in [0, 0.1) is 19.8 Å². The van der Waals surface area contributed by atoms with E-state index < -0.39 is 0 Å². The molecule has 0 atom stereocenters. The molecule has 1 aromatic carbocycles. The number of benzene rings is 1. The highest BCUT2D eigenvalue weighted by Crippen LogP contribution is 2.20. The van der Waals surface area contributed by atoms with Crippen LogP contribution in [0.4, 0.5) is 5.69 Å². The zero-order valence-electron chi connectivity index (χ0n) is 14.7. The first-order valence-electron chi connectivity index (χ1n) is 8.38. The number of aryl methyl sites for hydroxylation is 2. The Labute approximate surface area is 150 Å². The standard InChI is InChI=1S/C18H27N3O2.ClH/c1-4-21(18(23)15-8-10-19-11-9-15)12-16(22)20-17-13(2)6-5-7-14(17)3;/h5-7,15,19H,4,8-12H2,1-3H3,(H,20,22);1H. The minimum atomic E-state index is -0.133. The number of rotatable bonds is 5. The van der Waals surface area contributed by atoms with E-state index in [1.807, 2.05) is 39.0 Å². The van der Waals surface area contributed by atoms with Crippen molar-refractivity contribution in [1.82, 2.24) is 10.2 Å². The molecule has 0 unspecified atom stereocenters. The summed E-state index contributed by atoms with van der Waals surface area (Å²) in [6.07, 6.45) is 1.71. The van der Waals surface area contributed by atoms with Gasteiger partial charge in [0.15, 0.2) is 0 Å². The minimum absolute atomic E-state index is 0. The number of piperidine rings is 1. The van der Waals surface area contributed by atoms with Crippen LogP contribution in [0.25, 0.3) is 0 Å². The summed E-state index contributed by atoms with van der Waals surface area (Å²) in [6, 6.07) is 5.92. The molecule has 1 fully saturated rings. The zero-order valence-corrected chi connectivity index (χ0v) is 15.5. The second kappa shape index (κ2) is 9.64. The number of hydrogen-bond acceptors (Lipinski definition) is 3. The van der Waals surface area contributed by atoms with Crippen molar-refractivity contribution in [3.05, 3.63) is 29.3 Å². The Balaban J connectivity index is 0.00000288. The van der Waals surface area contributed by atoms with E-state index in [0.717, 1.165) is 42.7 Å². The van der Waals surface area contributed by atoms with Gasteiger partial charge < -0.3 is 15.5 Å². The van der Waals surface area contributed by atoms with Gasteiger partial charge in [-0.25, -0.2) is 0 Å². The van der Waals surface area contributed by atoms with Gasteiger partial charge in [-0.05, 0) is 57.8 Å². The van der Waals surface area contributed by atoms with Crippen molar-refractivity contribution in [2.75, 3.05) is 31.5 Å². The lowest BCUT2D eigenvalue weighted by molar-refractivity contribution is -0.138. The van der Waals surface area contributed by atoms with Crippen molar-refractivity contribution in [2.24, 2.45) is 5.92 Å². The summed E-state index contributed by atoms with van der Waals surface area (Å²) < 4.78 is 0. The van der Waals surface area contributed by atoms with Gasteiger partial charge in [0, 0.05) is 18.2 Å². The van der Waals surface area contributed by atoms with Crippen molar-refractivity contribution in [3.8, 4) is 0 Å². The number of likely N-dealkylation sites (N-methyl/N-ethyl adjacent to an activating group) is 1. The lowest BCUT2D eigenvalue weighted by Gasteiger charge is -2.28. The number of para-hydroxylation sites is 1. The Bertz CT molecular complexity index is 551. The van der Waals surface area contributed by atoms with Crippen LogP contribution in [0.2, 0.25) is 0 Å². The largest absolute Gasteiger partial charge is 0.333 e. The van der Waals surface area contributed by atoms with Gasteiger partial charge in [0.2, 0.25) is 11.8 Å². The van der Waals surface area contributed by atoms with Gasteiger partial charge in [0.05, 0.1) is 6.54 Å². The molecule has 2 amide bonds. The summed E-state index contributed by atoms with van der Waals surface area (Å²) >= 11 is 0. The number of halogens is 1. The number of carbonyl (C=O) groups is 2. The fraction of sp³-hybridized carbons (Fsp3) is 0.556. The monoisotopic (exact) mass is 353 g/mol. The van der Waals surface area contributed by atoms with Gasteiger partial charge in [-0.2, -0.15) is 0 Å². The average molecular weight is 354 g/mol. The van der Waals surface area contributed by atoms with Gasteiger partial charge >= 0.3 is 0 Å². The zero-order chi connectivity index (χ0) is 16.8. The molecule has 0 spiro atoms. The third-order valence-corrected chi connectivity index (χ3v) is 4.46. The molecule has 0 saturated carbocycles. The Morgan fingerprint density at radius 3 is 2.33 bits per heavy atom. The van der Waals surface area contributed by atoms with E-state index >= 15 is 0 Å². The molecule has 2 rings (SSSR count). The normalized spacial score (nSPS) is 14.6. The van der Waals surface area contributed by atoms with Crippen LogP contribution < -0.4 is 10.6 Å². The van der Waals surface area contributed by atoms with Crippen LogP contribution in [0.3, 0.4) is 0 Å². The van der Waals surface area contributed by atoms with Crippen molar-refractivity contribution < 1.29 is 9.59 Å². The van der Waals surface area contributed by atoms with Crippen LogP contribution in [-0.4, -0.2) is 42.9 Å². The summed E-state index contributed by atoms with van der Waals surface area (Å²) in [5, 5.41) is 6.22. The van der Waals surface area contributed by atoms with E-state index in [9.17, 15) is 9.59 Å².